The first kappa shape index (κ1) is 32.1. The second-order valence-electron chi connectivity index (χ2n) is 14.2. The third kappa shape index (κ3) is 6.16. The number of benzene rings is 3. The number of aliphatic hydroxyl groups excluding tert-OH is 2. The molecule has 4 aliphatic rings. The quantitative estimate of drug-likeness (QED) is 0.119. The average Bonchev–Trinajstić information content (AvgIpc) is 3.47. The number of nitrogens with zero attached hydrogens (tertiary/aromatic N) is 1. The summed E-state index contributed by atoms with van der Waals surface area (Å²) in [4.78, 5) is 18.3. The number of amides is 1. The summed E-state index contributed by atoms with van der Waals surface area (Å²) < 4.78 is 23.2. The highest BCUT2D eigenvalue weighted by Crippen LogP contribution is 2.61. The molecule has 4 saturated carbocycles. The van der Waals surface area contributed by atoms with E-state index in [1.54, 1.807) is 60.1 Å². The lowest BCUT2D eigenvalue weighted by Crippen LogP contribution is -2.67. The first-order valence-corrected chi connectivity index (χ1v) is 18.4. The standard InChI is InChI=1S/C37H45N4O5P/c1-37(21-29-22-39-32-15-9-8-14-31(29)32,36(44)40-33(23-42)35(43)26-10-4-2-5-11-26)41(47(38,45)46-30-12-6-3-7-13-30)34-27-17-24-16-25(19-27)20-28(34)18-24/h2-15,22,24-25,27-28,33-35,39,42-43H,16-21,23H2,1H3,(H2,38,45)(H,40,44). The fourth-order valence-electron chi connectivity index (χ4n) is 9.14. The van der Waals surface area contributed by atoms with Crippen molar-refractivity contribution in [3.8, 4) is 5.75 Å². The molecule has 6 N–H and O–H groups in total. The first-order valence-electron chi connectivity index (χ1n) is 16.8. The number of carbonyl (C=O) groups is 1. The number of carbonyl (C=O) groups excluding carboxylic acids is 1. The van der Waals surface area contributed by atoms with E-state index < -0.39 is 37.9 Å². The van der Waals surface area contributed by atoms with Crippen LogP contribution < -0.4 is 15.3 Å². The maximum atomic E-state index is 15.2. The first-order chi connectivity index (χ1) is 22.7. The van der Waals surface area contributed by atoms with Crippen molar-refractivity contribution in [2.24, 2.45) is 29.2 Å². The Morgan fingerprint density at radius 2 is 1.57 bits per heavy atom. The number of hydrogen-bond acceptors (Lipinski definition) is 5. The van der Waals surface area contributed by atoms with Crippen LogP contribution in [0.15, 0.2) is 91.1 Å². The number of rotatable bonds is 12. The molecule has 10 heteroatoms. The molecule has 8 rings (SSSR count). The van der Waals surface area contributed by atoms with Crippen LogP contribution in [0.4, 0.5) is 0 Å². The Morgan fingerprint density at radius 1 is 0.979 bits per heavy atom. The third-order valence-electron chi connectivity index (χ3n) is 11.0. The van der Waals surface area contributed by atoms with Crippen molar-refractivity contribution < 1.29 is 24.1 Å². The van der Waals surface area contributed by atoms with Crippen molar-refractivity contribution in [3.05, 3.63) is 102 Å². The van der Waals surface area contributed by atoms with Gasteiger partial charge in [-0.1, -0.05) is 66.7 Å². The Bertz CT molecular complexity index is 1720. The van der Waals surface area contributed by atoms with Crippen LogP contribution in [0, 0.1) is 23.7 Å². The third-order valence-corrected chi connectivity index (χ3v) is 12.8. The van der Waals surface area contributed by atoms with Crippen LogP contribution in [0.25, 0.3) is 10.9 Å². The molecule has 9 nitrogen and oxygen atoms in total. The van der Waals surface area contributed by atoms with E-state index in [0.717, 1.165) is 42.1 Å². The fraction of sp³-hybridized carbons (Fsp3) is 0.432. The van der Waals surface area contributed by atoms with E-state index in [9.17, 15) is 15.0 Å². The van der Waals surface area contributed by atoms with Gasteiger partial charge in [-0.15, -0.1) is 0 Å². The Labute approximate surface area is 276 Å². The predicted molar refractivity (Wildman–Crippen MR) is 182 cm³/mol. The van der Waals surface area contributed by atoms with Gasteiger partial charge in [-0.2, -0.15) is 4.67 Å². The van der Waals surface area contributed by atoms with Gasteiger partial charge < -0.3 is 25.0 Å². The van der Waals surface area contributed by atoms with Crippen molar-refractivity contribution >= 4 is 24.5 Å². The summed E-state index contributed by atoms with van der Waals surface area (Å²) in [5.74, 6) is 1.61. The Balaban J connectivity index is 1.34. The summed E-state index contributed by atoms with van der Waals surface area (Å²) >= 11 is 0. The van der Waals surface area contributed by atoms with Crippen LogP contribution in [-0.2, 0) is 15.8 Å². The predicted octanol–water partition coefficient (Wildman–Crippen LogP) is 5.95. The smallest absolute Gasteiger partial charge is 0.391 e. The zero-order valence-corrected chi connectivity index (χ0v) is 27.6. The summed E-state index contributed by atoms with van der Waals surface area (Å²) in [6.45, 7) is 1.30. The summed E-state index contributed by atoms with van der Waals surface area (Å²) in [6, 6.07) is 24.5. The van der Waals surface area contributed by atoms with Crippen molar-refractivity contribution in [1.29, 1.82) is 0 Å². The molecule has 248 valence electrons. The average molecular weight is 657 g/mol. The molecule has 4 aromatic rings. The lowest BCUT2D eigenvalue weighted by molar-refractivity contribution is -0.138. The molecular formula is C37H45N4O5P. The number of fused-ring (bicyclic) bond motifs is 1. The van der Waals surface area contributed by atoms with Gasteiger partial charge in [-0.05, 0) is 92.0 Å². The lowest BCUT2D eigenvalue weighted by Gasteiger charge is -2.60. The molecule has 1 heterocycles. The zero-order valence-electron chi connectivity index (χ0n) is 26.7. The molecule has 4 aliphatic carbocycles. The number of aliphatic hydroxyl groups is 2. The minimum absolute atomic E-state index is 0.171. The summed E-state index contributed by atoms with van der Waals surface area (Å²) in [6.07, 6.45) is 6.18. The van der Waals surface area contributed by atoms with Crippen molar-refractivity contribution in [1.82, 2.24) is 15.0 Å². The highest BCUT2D eigenvalue weighted by Gasteiger charge is 2.60. The Hall–Kier alpha value is -3.46. The van der Waals surface area contributed by atoms with Gasteiger partial charge in [0.05, 0.1) is 12.6 Å². The number of para-hydroxylation sites is 2. The fourth-order valence-corrected chi connectivity index (χ4v) is 11.2. The van der Waals surface area contributed by atoms with Gasteiger partial charge in [-0.25, -0.2) is 10.1 Å². The van der Waals surface area contributed by atoms with Crippen molar-refractivity contribution in [2.75, 3.05) is 6.61 Å². The summed E-state index contributed by atoms with van der Waals surface area (Å²) in [5, 5.41) is 25.7. The summed E-state index contributed by atoms with van der Waals surface area (Å²) in [5.41, 5.74) is 7.80. The van der Waals surface area contributed by atoms with Gasteiger partial charge in [0.2, 0.25) is 5.91 Å². The molecule has 1 amide bonds. The van der Waals surface area contributed by atoms with Gasteiger partial charge in [0.15, 0.2) is 0 Å². The molecule has 1 aromatic heterocycles. The summed E-state index contributed by atoms with van der Waals surface area (Å²) in [7, 11) is -4.20. The van der Waals surface area contributed by atoms with E-state index in [1.165, 1.54) is 6.42 Å². The highest BCUT2D eigenvalue weighted by molar-refractivity contribution is 7.54. The lowest BCUT2D eigenvalue weighted by atomic mass is 9.54. The number of hydrogen-bond donors (Lipinski definition) is 5. The van der Waals surface area contributed by atoms with Gasteiger partial charge in [0, 0.05) is 29.6 Å². The molecule has 4 atom stereocenters. The van der Waals surface area contributed by atoms with Gasteiger partial charge in [-0.3, -0.25) is 4.79 Å². The van der Waals surface area contributed by atoms with E-state index in [-0.39, 0.29) is 24.3 Å². The van der Waals surface area contributed by atoms with Crippen molar-refractivity contribution in [2.45, 2.75) is 69.2 Å². The minimum atomic E-state index is -4.20. The van der Waals surface area contributed by atoms with Crippen LogP contribution >= 0.6 is 7.67 Å². The van der Waals surface area contributed by atoms with E-state index in [0.29, 0.717) is 23.1 Å². The second kappa shape index (κ2) is 12.9. The Kier molecular flexibility index (Phi) is 8.79. The number of aromatic amines is 1. The van der Waals surface area contributed by atoms with E-state index in [4.69, 9.17) is 10.0 Å². The topological polar surface area (TPSA) is 141 Å². The molecule has 0 spiro atoms. The Morgan fingerprint density at radius 3 is 2.21 bits per heavy atom. The molecule has 0 radical (unpaired) electrons. The maximum Gasteiger partial charge on any atom is 0.391 e. The molecule has 4 bridgehead atoms. The van der Waals surface area contributed by atoms with Crippen LogP contribution in [0.2, 0.25) is 0 Å². The largest absolute Gasteiger partial charge is 0.422 e. The number of nitrogens with one attached hydrogen (secondary N) is 2. The van der Waals surface area contributed by atoms with Crippen LogP contribution in [0.3, 0.4) is 0 Å². The molecule has 3 aromatic carbocycles. The van der Waals surface area contributed by atoms with Crippen LogP contribution in [0.1, 0.15) is 56.3 Å². The molecule has 4 fully saturated rings. The highest BCUT2D eigenvalue weighted by atomic mass is 31.2. The molecule has 0 aliphatic heterocycles. The normalized spacial score (nSPS) is 27.2. The minimum Gasteiger partial charge on any atom is -0.422 e. The van der Waals surface area contributed by atoms with E-state index >= 15 is 4.57 Å². The SMILES string of the molecule is CC(Cc1c[nH]c2ccccc12)(C(=O)NC(CO)C(O)c1ccccc1)N(C1C2CC3CC(C2)CC1C3)P(N)(=O)Oc1ccccc1. The van der Waals surface area contributed by atoms with Gasteiger partial charge in [0.25, 0.3) is 0 Å². The van der Waals surface area contributed by atoms with E-state index in [2.05, 4.69) is 10.3 Å². The number of H-pyrrole nitrogens is 1. The van der Waals surface area contributed by atoms with Crippen molar-refractivity contribution in [3.63, 3.8) is 0 Å². The molecule has 0 saturated heterocycles. The van der Waals surface area contributed by atoms with Gasteiger partial charge >= 0.3 is 7.67 Å². The maximum absolute atomic E-state index is 15.2. The number of nitrogens with two attached hydrogens (primary N) is 1. The number of aromatic nitrogens is 1. The molecular weight excluding hydrogens is 611 g/mol. The van der Waals surface area contributed by atoms with Gasteiger partial charge in [0.1, 0.15) is 17.4 Å². The monoisotopic (exact) mass is 656 g/mol. The van der Waals surface area contributed by atoms with Crippen LogP contribution in [-0.4, -0.2) is 50.0 Å². The molecule has 47 heavy (non-hydrogen) atoms. The zero-order chi connectivity index (χ0) is 32.8. The molecule has 4 unspecified atom stereocenters. The second-order valence-corrected chi connectivity index (χ2v) is 15.9. The van der Waals surface area contributed by atoms with E-state index in [1.807, 2.05) is 42.6 Å². The van der Waals surface area contributed by atoms with Crippen LogP contribution in [0.5, 0.6) is 5.75 Å².